The maximum atomic E-state index is 11.8. The van der Waals surface area contributed by atoms with E-state index < -0.39 is 28.8 Å². The van der Waals surface area contributed by atoms with Gasteiger partial charge in [-0.05, 0) is 6.07 Å². The first-order valence-electron chi connectivity index (χ1n) is 5.01. The van der Waals surface area contributed by atoms with Gasteiger partial charge in [-0.1, -0.05) is 12.1 Å². The summed E-state index contributed by atoms with van der Waals surface area (Å²) in [4.78, 5) is 9.88. The van der Waals surface area contributed by atoms with Crippen LogP contribution in [0.15, 0.2) is 24.3 Å². The van der Waals surface area contributed by atoms with Crippen molar-refractivity contribution in [2.24, 2.45) is 5.14 Å². The molecule has 0 radical (unpaired) electrons. The topological polar surface area (TPSA) is 121 Å². The highest BCUT2D eigenvalue weighted by Crippen LogP contribution is 2.24. The molecule has 0 saturated carbocycles. The third kappa shape index (κ3) is 9.24. The number of para-hydroxylation sites is 2. The summed E-state index contributed by atoms with van der Waals surface area (Å²) in [6.07, 6.45) is -5.30. The molecule has 0 aliphatic heterocycles. The molecule has 1 unspecified atom stereocenters. The van der Waals surface area contributed by atoms with Gasteiger partial charge < -0.3 is 9.87 Å². The van der Waals surface area contributed by atoms with Gasteiger partial charge in [0.15, 0.2) is 0 Å². The summed E-state index contributed by atoms with van der Waals surface area (Å²) in [5.41, 5.74) is -0.138. The van der Waals surface area contributed by atoms with Crippen LogP contribution in [0.4, 0.5) is 24.5 Å². The SMILES string of the molecule is NS(=O)[O-].O=[N+]([O-])c1ccccc1NCCC(F)(F)F. The molecule has 1 aromatic carbocycles. The van der Waals surface area contributed by atoms with Gasteiger partial charge in [0, 0.05) is 23.9 Å². The molecular formula is C9H11F3N3O4S-. The highest BCUT2D eigenvalue weighted by molar-refractivity contribution is 7.76. The molecule has 0 saturated heterocycles. The van der Waals surface area contributed by atoms with E-state index in [-0.39, 0.29) is 17.9 Å². The van der Waals surface area contributed by atoms with Gasteiger partial charge in [-0.2, -0.15) is 13.2 Å². The van der Waals surface area contributed by atoms with Crippen molar-refractivity contribution in [3.8, 4) is 0 Å². The number of benzene rings is 1. The smallest absolute Gasteiger partial charge is 0.390 e. The van der Waals surface area contributed by atoms with Crippen LogP contribution in [0.5, 0.6) is 0 Å². The van der Waals surface area contributed by atoms with Gasteiger partial charge in [0.1, 0.15) is 5.69 Å². The number of anilines is 1. The van der Waals surface area contributed by atoms with Crippen LogP contribution in [-0.4, -0.2) is 26.4 Å². The van der Waals surface area contributed by atoms with Gasteiger partial charge in [0.05, 0.1) is 11.3 Å². The number of nitrogens with two attached hydrogens (primary N) is 1. The van der Waals surface area contributed by atoms with Crippen molar-refractivity contribution in [3.63, 3.8) is 0 Å². The molecule has 1 atom stereocenters. The Morgan fingerprint density at radius 1 is 1.35 bits per heavy atom. The molecule has 0 aromatic heterocycles. The van der Waals surface area contributed by atoms with Crippen LogP contribution in [0.3, 0.4) is 0 Å². The van der Waals surface area contributed by atoms with E-state index in [0.29, 0.717) is 0 Å². The van der Waals surface area contributed by atoms with E-state index >= 15 is 0 Å². The van der Waals surface area contributed by atoms with Crippen LogP contribution >= 0.6 is 0 Å². The summed E-state index contributed by atoms with van der Waals surface area (Å²) in [5.74, 6) is 0. The van der Waals surface area contributed by atoms with E-state index in [4.69, 9.17) is 8.76 Å². The maximum absolute atomic E-state index is 11.8. The van der Waals surface area contributed by atoms with E-state index in [0.717, 1.165) is 0 Å². The van der Waals surface area contributed by atoms with E-state index in [1.165, 1.54) is 24.3 Å². The molecule has 0 aliphatic carbocycles. The van der Waals surface area contributed by atoms with Gasteiger partial charge in [-0.3, -0.25) is 19.5 Å². The van der Waals surface area contributed by atoms with Gasteiger partial charge in [0.25, 0.3) is 5.69 Å². The molecule has 0 fully saturated rings. The number of nitrogens with zero attached hydrogens (tertiary/aromatic N) is 1. The van der Waals surface area contributed by atoms with Crippen molar-refractivity contribution in [1.82, 2.24) is 0 Å². The average Bonchev–Trinajstić information content (AvgIpc) is 2.27. The Hall–Kier alpha value is -1.72. The molecule has 11 heteroatoms. The Balaban J connectivity index is 0.000000796. The second-order valence-corrected chi connectivity index (χ2v) is 3.85. The van der Waals surface area contributed by atoms with Crippen molar-refractivity contribution >= 4 is 22.6 Å². The summed E-state index contributed by atoms with van der Waals surface area (Å²) in [7, 11) is 0. The Labute approximate surface area is 114 Å². The predicted molar refractivity (Wildman–Crippen MR) is 65.4 cm³/mol. The number of alkyl halides is 3. The molecule has 7 nitrogen and oxygen atoms in total. The van der Waals surface area contributed by atoms with Crippen molar-refractivity contribution < 1.29 is 26.9 Å². The Bertz CT molecular complexity index is 466. The number of nitro groups is 1. The van der Waals surface area contributed by atoms with Crippen molar-refractivity contribution in [1.29, 1.82) is 0 Å². The van der Waals surface area contributed by atoms with Crippen LogP contribution in [0, 0.1) is 10.1 Å². The Morgan fingerprint density at radius 3 is 2.30 bits per heavy atom. The average molecular weight is 314 g/mol. The standard InChI is InChI=1S/C9H9F3N2O2.H3NO2S/c10-9(11,12)5-6-13-7-3-1-2-4-8(7)14(15)16;1-4(2)3/h1-4,13H,5-6H2;1H2,(H,2,3)/p-1. The number of hydrogen-bond donors (Lipinski definition) is 2. The molecule has 0 aliphatic rings. The molecule has 0 bridgehead atoms. The third-order valence-corrected chi connectivity index (χ3v) is 1.82. The highest BCUT2D eigenvalue weighted by Gasteiger charge is 2.26. The molecular weight excluding hydrogens is 303 g/mol. The fourth-order valence-electron chi connectivity index (χ4n) is 1.12. The summed E-state index contributed by atoms with van der Waals surface area (Å²) >= 11 is -2.36. The summed E-state index contributed by atoms with van der Waals surface area (Å²) in [6, 6.07) is 5.57. The van der Waals surface area contributed by atoms with Crippen molar-refractivity contribution in [2.45, 2.75) is 12.6 Å². The third-order valence-electron chi connectivity index (χ3n) is 1.82. The number of hydrogen-bond acceptors (Lipinski definition) is 5. The molecule has 114 valence electrons. The zero-order chi connectivity index (χ0) is 15.8. The van der Waals surface area contributed by atoms with E-state index in [1.807, 2.05) is 0 Å². The Kier molecular flexibility index (Phi) is 7.72. The van der Waals surface area contributed by atoms with Crippen LogP contribution in [0.2, 0.25) is 0 Å². The Morgan fingerprint density at radius 2 is 1.85 bits per heavy atom. The largest absolute Gasteiger partial charge is 0.760 e. The van der Waals surface area contributed by atoms with Crippen molar-refractivity contribution in [3.05, 3.63) is 34.4 Å². The molecule has 0 amide bonds. The normalized spacial score (nSPS) is 12.1. The van der Waals surface area contributed by atoms with Gasteiger partial charge >= 0.3 is 6.18 Å². The molecule has 1 rings (SSSR count). The predicted octanol–water partition coefficient (Wildman–Crippen LogP) is 1.70. The molecule has 1 aromatic rings. The van der Waals surface area contributed by atoms with Crippen LogP contribution < -0.4 is 10.5 Å². The summed E-state index contributed by atoms with van der Waals surface area (Å²) in [5, 5.41) is 16.9. The minimum absolute atomic E-state index is 0.0942. The van der Waals surface area contributed by atoms with Crippen LogP contribution in [0.25, 0.3) is 0 Å². The fourth-order valence-corrected chi connectivity index (χ4v) is 1.12. The maximum Gasteiger partial charge on any atom is 0.390 e. The number of nitro benzene ring substituents is 1. The first-order chi connectivity index (χ1) is 9.13. The monoisotopic (exact) mass is 314 g/mol. The second-order valence-electron chi connectivity index (χ2n) is 3.33. The lowest BCUT2D eigenvalue weighted by atomic mass is 10.2. The number of halogens is 3. The van der Waals surface area contributed by atoms with E-state index in [1.54, 1.807) is 0 Å². The molecule has 0 heterocycles. The zero-order valence-electron chi connectivity index (χ0n) is 9.92. The lowest BCUT2D eigenvalue weighted by Gasteiger charge is -2.08. The second kappa shape index (κ2) is 8.45. The zero-order valence-corrected chi connectivity index (χ0v) is 10.7. The summed E-state index contributed by atoms with van der Waals surface area (Å²) in [6.45, 7) is -0.381. The van der Waals surface area contributed by atoms with Gasteiger partial charge in [-0.25, -0.2) is 0 Å². The number of rotatable bonds is 4. The first kappa shape index (κ1) is 18.3. The molecule has 0 spiro atoms. The molecule has 20 heavy (non-hydrogen) atoms. The molecule has 3 N–H and O–H groups in total. The first-order valence-corrected chi connectivity index (χ1v) is 6.15. The minimum atomic E-state index is -4.27. The lowest BCUT2D eigenvalue weighted by molar-refractivity contribution is -0.384. The quantitative estimate of drug-likeness (QED) is 0.497. The number of nitrogens with one attached hydrogen (secondary N) is 1. The fraction of sp³-hybridized carbons (Fsp3) is 0.333. The lowest BCUT2D eigenvalue weighted by Crippen LogP contribution is -2.15. The van der Waals surface area contributed by atoms with E-state index in [9.17, 15) is 23.3 Å². The van der Waals surface area contributed by atoms with E-state index in [2.05, 4.69) is 10.5 Å². The summed E-state index contributed by atoms with van der Waals surface area (Å²) < 4.78 is 53.1. The highest BCUT2D eigenvalue weighted by atomic mass is 32.2. The van der Waals surface area contributed by atoms with Crippen molar-refractivity contribution in [2.75, 3.05) is 11.9 Å². The van der Waals surface area contributed by atoms with Crippen LogP contribution in [0.1, 0.15) is 6.42 Å². The van der Waals surface area contributed by atoms with Gasteiger partial charge in [0.2, 0.25) is 0 Å². The van der Waals surface area contributed by atoms with Crippen LogP contribution in [-0.2, 0) is 11.3 Å². The van der Waals surface area contributed by atoms with Gasteiger partial charge in [-0.15, -0.1) is 0 Å². The minimum Gasteiger partial charge on any atom is -0.760 e.